The van der Waals surface area contributed by atoms with Gasteiger partial charge in [-0.15, -0.1) is 0 Å². The van der Waals surface area contributed by atoms with E-state index >= 15 is 0 Å². The van der Waals surface area contributed by atoms with Crippen molar-refractivity contribution in [1.82, 2.24) is 5.32 Å². The Kier molecular flexibility index (Phi) is 2.94. The third kappa shape index (κ3) is 2.53. The zero-order chi connectivity index (χ0) is 7.40. The molecule has 1 aliphatic heterocycles. The van der Waals surface area contributed by atoms with E-state index < -0.39 is 0 Å². The molecule has 0 bridgehead atoms. The van der Waals surface area contributed by atoms with Gasteiger partial charge in [0.2, 0.25) is 0 Å². The van der Waals surface area contributed by atoms with Crippen LogP contribution in [0.4, 0.5) is 0 Å². The quantitative estimate of drug-likeness (QED) is 0.507. The van der Waals surface area contributed by atoms with Gasteiger partial charge in [0.05, 0.1) is 0 Å². The van der Waals surface area contributed by atoms with Gasteiger partial charge in [-0.3, -0.25) is 0 Å². The van der Waals surface area contributed by atoms with E-state index in [4.69, 9.17) is 0 Å². The molecule has 10 heavy (non-hydrogen) atoms. The minimum absolute atomic E-state index is 0.712. The molecule has 1 N–H and O–H groups in total. The Balaban J connectivity index is 2.39. The van der Waals surface area contributed by atoms with E-state index in [9.17, 15) is 0 Å². The van der Waals surface area contributed by atoms with Crippen LogP contribution in [0.15, 0.2) is 11.6 Å². The molecule has 0 aromatic heterocycles. The Hall–Kier alpha value is -0.300. The standard InChI is InChI=1S/C9H17N/c1-8-4-3-7-10-9(2)6-5-8/h4,9-10H,3,5-7H2,1-2H3/b8-4+/t9-/m0/s1. The van der Waals surface area contributed by atoms with Gasteiger partial charge in [0, 0.05) is 6.04 Å². The average Bonchev–Trinajstić information content (AvgIpc) is 1.90. The largest absolute Gasteiger partial charge is 0.314 e. The highest BCUT2D eigenvalue weighted by Crippen LogP contribution is 2.09. The van der Waals surface area contributed by atoms with Gasteiger partial charge >= 0.3 is 0 Å². The van der Waals surface area contributed by atoms with Crippen LogP contribution < -0.4 is 5.32 Å². The second-order valence-electron chi connectivity index (χ2n) is 3.23. The first-order valence-electron chi connectivity index (χ1n) is 4.18. The molecule has 0 aliphatic carbocycles. The van der Waals surface area contributed by atoms with Crippen molar-refractivity contribution >= 4 is 0 Å². The van der Waals surface area contributed by atoms with E-state index in [0.717, 1.165) is 6.54 Å². The highest BCUT2D eigenvalue weighted by atomic mass is 14.9. The molecule has 1 heterocycles. The van der Waals surface area contributed by atoms with Crippen molar-refractivity contribution < 1.29 is 0 Å². The molecular formula is C9H17N. The number of hydrogen-bond donors (Lipinski definition) is 1. The fourth-order valence-corrected chi connectivity index (χ4v) is 1.30. The second kappa shape index (κ2) is 3.77. The first kappa shape index (κ1) is 7.80. The molecule has 1 heteroatoms. The first-order valence-corrected chi connectivity index (χ1v) is 4.18. The van der Waals surface area contributed by atoms with Crippen molar-refractivity contribution in [1.29, 1.82) is 0 Å². The first-order chi connectivity index (χ1) is 4.79. The Morgan fingerprint density at radius 3 is 3.20 bits per heavy atom. The molecule has 0 unspecified atom stereocenters. The maximum Gasteiger partial charge on any atom is 0.00418 e. The number of allylic oxidation sites excluding steroid dienone is 1. The molecule has 1 rings (SSSR count). The van der Waals surface area contributed by atoms with Crippen LogP contribution in [-0.4, -0.2) is 12.6 Å². The highest BCUT2D eigenvalue weighted by molar-refractivity contribution is 4.99. The number of hydrogen-bond acceptors (Lipinski definition) is 1. The molecule has 1 nitrogen and oxygen atoms in total. The van der Waals surface area contributed by atoms with E-state index in [1.54, 1.807) is 5.57 Å². The summed E-state index contributed by atoms with van der Waals surface area (Å²) in [6.45, 7) is 5.65. The summed E-state index contributed by atoms with van der Waals surface area (Å²) in [7, 11) is 0. The summed E-state index contributed by atoms with van der Waals surface area (Å²) in [6.07, 6.45) is 6.12. The van der Waals surface area contributed by atoms with Crippen LogP contribution in [0.25, 0.3) is 0 Å². The van der Waals surface area contributed by atoms with Crippen molar-refractivity contribution in [3.05, 3.63) is 11.6 Å². The summed E-state index contributed by atoms with van der Waals surface area (Å²) in [5, 5.41) is 3.46. The maximum atomic E-state index is 3.46. The Morgan fingerprint density at radius 1 is 1.60 bits per heavy atom. The SMILES string of the molecule is C/C1=C\CCN[C@@H](C)CC1. The van der Waals surface area contributed by atoms with Gasteiger partial charge in [-0.1, -0.05) is 11.6 Å². The maximum absolute atomic E-state index is 3.46. The van der Waals surface area contributed by atoms with Gasteiger partial charge in [0.15, 0.2) is 0 Å². The van der Waals surface area contributed by atoms with Crippen molar-refractivity contribution in [2.45, 2.75) is 39.2 Å². The lowest BCUT2D eigenvalue weighted by molar-refractivity contribution is 0.509. The summed E-state index contributed by atoms with van der Waals surface area (Å²) in [4.78, 5) is 0. The van der Waals surface area contributed by atoms with E-state index in [1.807, 2.05) is 0 Å². The van der Waals surface area contributed by atoms with Gasteiger partial charge in [0.25, 0.3) is 0 Å². The molecule has 0 saturated carbocycles. The van der Waals surface area contributed by atoms with Gasteiger partial charge in [0.1, 0.15) is 0 Å². The molecular weight excluding hydrogens is 122 g/mol. The Labute approximate surface area is 63.5 Å². The predicted octanol–water partition coefficient (Wildman–Crippen LogP) is 2.09. The van der Waals surface area contributed by atoms with E-state index in [2.05, 4.69) is 25.2 Å². The van der Waals surface area contributed by atoms with E-state index in [0.29, 0.717) is 6.04 Å². The molecule has 0 fully saturated rings. The second-order valence-corrected chi connectivity index (χ2v) is 3.23. The van der Waals surface area contributed by atoms with Crippen LogP contribution >= 0.6 is 0 Å². The molecule has 0 radical (unpaired) electrons. The lowest BCUT2D eigenvalue weighted by Crippen LogP contribution is -2.27. The Morgan fingerprint density at radius 2 is 2.40 bits per heavy atom. The third-order valence-electron chi connectivity index (χ3n) is 2.10. The zero-order valence-corrected chi connectivity index (χ0v) is 6.98. The summed E-state index contributed by atoms with van der Waals surface area (Å²) in [5.41, 5.74) is 1.56. The highest BCUT2D eigenvalue weighted by Gasteiger charge is 2.03. The third-order valence-corrected chi connectivity index (χ3v) is 2.10. The monoisotopic (exact) mass is 139 g/mol. The average molecular weight is 139 g/mol. The van der Waals surface area contributed by atoms with Gasteiger partial charge < -0.3 is 5.32 Å². The summed E-state index contributed by atoms with van der Waals surface area (Å²) >= 11 is 0. The molecule has 0 aromatic rings. The van der Waals surface area contributed by atoms with Crippen LogP contribution in [0.1, 0.15) is 33.1 Å². The number of rotatable bonds is 0. The fraction of sp³-hybridized carbons (Fsp3) is 0.778. The lowest BCUT2D eigenvalue weighted by Gasteiger charge is -2.15. The molecule has 58 valence electrons. The minimum Gasteiger partial charge on any atom is -0.314 e. The smallest absolute Gasteiger partial charge is 0.00418 e. The van der Waals surface area contributed by atoms with E-state index in [1.165, 1.54) is 19.3 Å². The summed E-state index contributed by atoms with van der Waals surface area (Å²) in [6, 6.07) is 0.712. The molecule has 1 aliphatic rings. The Bertz CT molecular complexity index is 127. The lowest BCUT2D eigenvalue weighted by atomic mass is 10.0. The van der Waals surface area contributed by atoms with Gasteiger partial charge in [-0.05, 0) is 39.7 Å². The van der Waals surface area contributed by atoms with Gasteiger partial charge in [-0.2, -0.15) is 0 Å². The molecule has 0 spiro atoms. The summed E-state index contributed by atoms with van der Waals surface area (Å²) in [5.74, 6) is 0. The van der Waals surface area contributed by atoms with Crippen molar-refractivity contribution in [3.8, 4) is 0 Å². The van der Waals surface area contributed by atoms with Crippen molar-refractivity contribution in [2.75, 3.05) is 6.54 Å². The van der Waals surface area contributed by atoms with Crippen LogP contribution in [0, 0.1) is 0 Å². The van der Waals surface area contributed by atoms with Gasteiger partial charge in [-0.25, -0.2) is 0 Å². The van der Waals surface area contributed by atoms with E-state index in [-0.39, 0.29) is 0 Å². The summed E-state index contributed by atoms with van der Waals surface area (Å²) < 4.78 is 0. The van der Waals surface area contributed by atoms with Crippen LogP contribution in [0.3, 0.4) is 0 Å². The molecule has 1 atom stereocenters. The minimum atomic E-state index is 0.712. The van der Waals surface area contributed by atoms with Crippen molar-refractivity contribution in [3.63, 3.8) is 0 Å². The normalized spacial score (nSPS) is 33.8. The van der Waals surface area contributed by atoms with Crippen molar-refractivity contribution in [2.24, 2.45) is 0 Å². The topological polar surface area (TPSA) is 12.0 Å². The fourth-order valence-electron chi connectivity index (χ4n) is 1.30. The predicted molar refractivity (Wildman–Crippen MR) is 45.1 cm³/mol. The van der Waals surface area contributed by atoms with Crippen LogP contribution in [0.5, 0.6) is 0 Å². The van der Waals surface area contributed by atoms with Crippen LogP contribution in [-0.2, 0) is 0 Å². The zero-order valence-electron chi connectivity index (χ0n) is 6.98. The molecule has 0 aromatic carbocycles. The molecule has 0 saturated heterocycles. The molecule has 0 amide bonds. The number of nitrogens with one attached hydrogen (secondary N) is 1. The van der Waals surface area contributed by atoms with Crippen LogP contribution in [0.2, 0.25) is 0 Å².